The zero-order valence-corrected chi connectivity index (χ0v) is 13.5. The maximum absolute atomic E-state index is 13.2. The smallest absolute Gasteiger partial charge is 0.262 e. The van der Waals surface area contributed by atoms with Crippen LogP contribution in [0.4, 0.5) is 14.5 Å². The molecule has 0 aliphatic heterocycles. The molecular weight excluding hydrogens is 328 g/mol. The lowest BCUT2D eigenvalue weighted by Gasteiger charge is -2.14. The van der Waals surface area contributed by atoms with Crippen molar-refractivity contribution < 1.29 is 26.7 Å². The van der Waals surface area contributed by atoms with Crippen LogP contribution in [0.3, 0.4) is 0 Å². The van der Waals surface area contributed by atoms with Gasteiger partial charge in [0.15, 0.2) is 23.1 Å². The van der Waals surface area contributed by atoms with Gasteiger partial charge in [-0.05, 0) is 36.8 Å². The number of hydrogen-bond donors (Lipinski definition) is 1. The number of ether oxygens (including phenoxy) is 2. The summed E-state index contributed by atoms with van der Waals surface area (Å²) >= 11 is 0. The Hall–Kier alpha value is -2.35. The van der Waals surface area contributed by atoms with E-state index in [9.17, 15) is 17.2 Å². The standard InChI is InChI=1S/C15H15F2NO4S/c1-9-6-14(21-2)15(22-3)8-13(9)18-23(19,20)10-4-5-11(16)12(17)7-10/h4-8,18H,1-3H3. The molecule has 0 spiro atoms. The normalized spacial score (nSPS) is 11.2. The van der Waals surface area contributed by atoms with Gasteiger partial charge >= 0.3 is 0 Å². The summed E-state index contributed by atoms with van der Waals surface area (Å²) in [6, 6.07) is 5.41. The third kappa shape index (κ3) is 3.53. The first-order valence-electron chi connectivity index (χ1n) is 6.49. The Bertz CT molecular complexity index is 838. The van der Waals surface area contributed by atoms with Crippen molar-refractivity contribution in [3.63, 3.8) is 0 Å². The summed E-state index contributed by atoms with van der Waals surface area (Å²) in [6.07, 6.45) is 0. The van der Waals surface area contributed by atoms with Crippen molar-refractivity contribution in [2.45, 2.75) is 11.8 Å². The number of benzene rings is 2. The SMILES string of the molecule is COc1cc(C)c(NS(=O)(=O)c2ccc(F)c(F)c2)cc1OC. The summed E-state index contributed by atoms with van der Waals surface area (Å²) in [4.78, 5) is -0.384. The molecule has 23 heavy (non-hydrogen) atoms. The highest BCUT2D eigenvalue weighted by molar-refractivity contribution is 7.92. The molecule has 0 saturated carbocycles. The highest BCUT2D eigenvalue weighted by Gasteiger charge is 2.19. The first-order chi connectivity index (χ1) is 10.8. The van der Waals surface area contributed by atoms with E-state index in [1.165, 1.54) is 20.3 Å². The van der Waals surface area contributed by atoms with E-state index < -0.39 is 21.7 Å². The van der Waals surface area contributed by atoms with E-state index in [2.05, 4.69) is 4.72 Å². The van der Waals surface area contributed by atoms with Gasteiger partial charge in [-0.1, -0.05) is 0 Å². The summed E-state index contributed by atoms with van der Waals surface area (Å²) in [5, 5.41) is 0. The van der Waals surface area contributed by atoms with Gasteiger partial charge in [-0.3, -0.25) is 4.72 Å². The van der Waals surface area contributed by atoms with Crippen molar-refractivity contribution in [3.05, 3.63) is 47.5 Å². The van der Waals surface area contributed by atoms with Crippen LogP contribution in [0, 0.1) is 18.6 Å². The van der Waals surface area contributed by atoms with Crippen molar-refractivity contribution in [1.29, 1.82) is 0 Å². The molecule has 0 aromatic heterocycles. The fourth-order valence-corrected chi connectivity index (χ4v) is 3.07. The molecule has 1 N–H and O–H groups in total. The van der Waals surface area contributed by atoms with Gasteiger partial charge in [0.05, 0.1) is 24.8 Å². The molecule has 0 unspecified atom stereocenters. The van der Waals surface area contributed by atoms with Crippen LogP contribution >= 0.6 is 0 Å². The Balaban J connectivity index is 2.42. The van der Waals surface area contributed by atoms with Crippen molar-refractivity contribution in [2.24, 2.45) is 0 Å². The first kappa shape index (κ1) is 17.0. The fraction of sp³-hybridized carbons (Fsp3) is 0.200. The third-order valence-corrected chi connectivity index (χ3v) is 4.54. The number of hydrogen-bond acceptors (Lipinski definition) is 4. The van der Waals surface area contributed by atoms with Gasteiger partial charge in [-0.25, -0.2) is 17.2 Å². The second-order valence-electron chi connectivity index (χ2n) is 4.70. The van der Waals surface area contributed by atoms with Gasteiger partial charge in [0.1, 0.15) is 0 Å². The summed E-state index contributed by atoms with van der Waals surface area (Å²) in [5.41, 5.74) is 0.821. The number of sulfonamides is 1. The lowest BCUT2D eigenvalue weighted by atomic mass is 10.2. The topological polar surface area (TPSA) is 64.6 Å². The van der Waals surface area contributed by atoms with E-state index in [-0.39, 0.29) is 10.6 Å². The van der Waals surface area contributed by atoms with Gasteiger partial charge in [-0.15, -0.1) is 0 Å². The summed E-state index contributed by atoms with van der Waals surface area (Å²) < 4.78 is 63.3. The Labute approximate surface area is 132 Å². The molecule has 2 aromatic rings. The van der Waals surface area contributed by atoms with Crippen LogP contribution in [-0.2, 0) is 10.0 Å². The van der Waals surface area contributed by atoms with Gasteiger partial charge in [0.25, 0.3) is 10.0 Å². The molecule has 0 amide bonds. The summed E-state index contributed by atoms with van der Waals surface area (Å²) in [6.45, 7) is 1.67. The second kappa shape index (κ2) is 6.41. The molecule has 2 aromatic carbocycles. The Morgan fingerprint density at radius 2 is 1.57 bits per heavy atom. The molecule has 5 nitrogen and oxygen atoms in total. The van der Waals surface area contributed by atoms with Crippen LogP contribution in [0.5, 0.6) is 11.5 Å². The van der Waals surface area contributed by atoms with Crippen LogP contribution in [-0.4, -0.2) is 22.6 Å². The fourth-order valence-electron chi connectivity index (χ4n) is 1.94. The minimum atomic E-state index is -4.07. The van der Waals surface area contributed by atoms with Gasteiger partial charge in [0.2, 0.25) is 0 Å². The molecule has 0 atom stereocenters. The maximum atomic E-state index is 13.2. The Kier molecular flexibility index (Phi) is 4.74. The van der Waals surface area contributed by atoms with E-state index >= 15 is 0 Å². The van der Waals surface area contributed by atoms with E-state index in [4.69, 9.17) is 9.47 Å². The average Bonchev–Trinajstić information content (AvgIpc) is 2.51. The van der Waals surface area contributed by atoms with Gasteiger partial charge < -0.3 is 9.47 Å². The zero-order chi connectivity index (χ0) is 17.2. The molecular formula is C15H15F2NO4S. The number of anilines is 1. The lowest BCUT2D eigenvalue weighted by Crippen LogP contribution is -2.14. The third-order valence-electron chi connectivity index (χ3n) is 3.18. The van der Waals surface area contributed by atoms with E-state index in [0.717, 1.165) is 12.1 Å². The molecule has 0 heterocycles. The largest absolute Gasteiger partial charge is 0.493 e. The number of halogens is 2. The molecule has 0 aliphatic carbocycles. The molecule has 0 radical (unpaired) electrons. The molecule has 124 valence electrons. The number of rotatable bonds is 5. The Morgan fingerprint density at radius 3 is 2.13 bits per heavy atom. The van der Waals surface area contributed by atoms with Crippen LogP contribution in [0.2, 0.25) is 0 Å². The quantitative estimate of drug-likeness (QED) is 0.906. The van der Waals surface area contributed by atoms with Crippen molar-refractivity contribution in [3.8, 4) is 11.5 Å². The molecule has 0 fully saturated rings. The Morgan fingerprint density at radius 1 is 0.957 bits per heavy atom. The van der Waals surface area contributed by atoms with Crippen LogP contribution in [0.1, 0.15) is 5.56 Å². The van der Waals surface area contributed by atoms with Crippen LogP contribution in [0.25, 0.3) is 0 Å². The molecule has 0 bridgehead atoms. The summed E-state index contributed by atoms with van der Waals surface area (Å²) in [7, 11) is -1.19. The number of methoxy groups -OCH3 is 2. The molecule has 0 saturated heterocycles. The predicted octanol–water partition coefficient (Wildman–Crippen LogP) is 3.09. The lowest BCUT2D eigenvalue weighted by molar-refractivity contribution is 0.355. The molecule has 8 heteroatoms. The monoisotopic (exact) mass is 343 g/mol. The molecule has 0 aliphatic rings. The first-order valence-corrected chi connectivity index (χ1v) is 7.97. The van der Waals surface area contributed by atoms with Crippen LogP contribution in [0.15, 0.2) is 35.2 Å². The van der Waals surface area contributed by atoms with Gasteiger partial charge in [-0.2, -0.15) is 0 Å². The number of nitrogens with one attached hydrogen (secondary N) is 1. The average molecular weight is 343 g/mol. The highest BCUT2D eigenvalue weighted by atomic mass is 32.2. The van der Waals surface area contributed by atoms with Crippen molar-refractivity contribution in [1.82, 2.24) is 0 Å². The molecule has 2 rings (SSSR count). The van der Waals surface area contributed by atoms with E-state index in [0.29, 0.717) is 23.1 Å². The second-order valence-corrected chi connectivity index (χ2v) is 6.39. The predicted molar refractivity (Wildman–Crippen MR) is 81.4 cm³/mol. The van der Waals surface area contributed by atoms with E-state index in [1.54, 1.807) is 13.0 Å². The van der Waals surface area contributed by atoms with Crippen molar-refractivity contribution in [2.75, 3.05) is 18.9 Å². The van der Waals surface area contributed by atoms with E-state index in [1.807, 2.05) is 0 Å². The minimum absolute atomic E-state index is 0.243. The highest BCUT2D eigenvalue weighted by Crippen LogP contribution is 2.33. The number of aryl methyl sites for hydroxylation is 1. The maximum Gasteiger partial charge on any atom is 0.262 e. The van der Waals surface area contributed by atoms with Crippen molar-refractivity contribution >= 4 is 15.7 Å². The summed E-state index contributed by atoms with van der Waals surface area (Å²) in [5.74, 6) is -1.58. The zero-order valence-electron chi connectivity index (χ0n) is 12.7. The van der Waals surface area contributed by atoms with Crippen LogP contribution < -0.4 is 14.2 Å². The minimum Gasteiger partial charge on any atom is -0.493 e. The van der Waals surface area contributed by atoms with Gasteiger partial charge in [0, 0.05) is 6.07 Å².